The third-order valence-corrected chi connectivity index (χ3v) is 6.91. The van der Waals surface area contributed by atoms with Gasteiger partial charge in [0, 0.05) is 0 Å². The van der Waals surface area contributed by atoms with Gasteiger partial charge in [-0.25, -0.2) is 9.59 Å². The molecule has 36 heavy (non-hydrogen) atoms. The van der Waals surface area contributed by atoms with Crippen LogP contribution in [-0.2, 0) is 19.1 Å². The van der Waals surface area contributed by atoms with E-state index in [9.17, 15) is 9.59 Å². The molecule has 0 saturated carbocycles. The summed E-state index contributed by atoms with van der Waals surface area (Å²) in [5.41, 5.74) is 0. The van der Waals surface area contributed by atoms with Gasteiger partial charge >= 0.3 is 11.9 Å². The lowest BCUT2D eigenvalue weighted by molar-refractivity contribution is -0.884. The summed E-state index contributed by atoms with van der Waals surface area (Å²) in [4.78, 5) is 24.4. The third-order valence-electron chi connectivity index (χ3n) is 6.91. The molecule has 0 rings (SSSR count). The zero-order chi connectivity index (χ0) is 27.1. The zero-order valence-electron chi connectivity index (χ0n) is 25.1. The summed E-state index contributed by atoms with van der Waals surface area (Å²) >= 11 is 0. The summed E-state index contributed by atoms with van der Waals surface area (Å²) in [5.74, 6) is -0.146. The topological polar surface area (TPSA) is 52.6 Å². The number of unbranched alkanes of at least 4 members (excludes halogenated alkanes) is 13. The standard InChI is InChI=1S/C30H62N2O4/c1-7-9-11-13-17-21-25-35-29(33)27-31(3,4)23-19-15-16-20-24-32(5,6)28-30(34)36-26-22-18-14-12-10-8-2/h7-28H2,1-6H3/q+2. The van der Waals surface area contributed by atoms with E-state index in [-0.39, 0.29) is 11.9 Å². The summed E-state index contributed by atoms with van der Waals surface area (Å²) < 4.78 is 12.3. The highest BCUT2D eigenvalue weighted by atomic mass is 16.5. The summed E-state index contributed by atoms with van der Waals surface area (Å²) in [6, 6.07) is 0. The number of quaternary nitrogens is 2. The van der Waals surface area contributed by atoms with E-state index in [1.54, 1.807) is 0 Å². The second kappa shape index (κ2) is 21.9. The smallest absolute Gasteiger partial charge is 0.361 e. The Kier molecular flexibility index (Phi) is 21.2. The Morgan fingerprint density at radius 3 is 1.14 bits per heavy atom. The van der Waals surface area contributed by atoms with Gasteiger partial charge in [0.1, 0.15) is 0 Å². The molecule has 0 radical (unpaired) electrons. The number of nitrogens with zero attached hydrogens (tertiary/aromatic N) is 2. The highest BCUT2D eigenvalue weighted by Crippen LogP contribution is 2.10. The normalized spacial score (nSPS) is 12.1. The summed E-state index contributed by atoms with van der Waals surface area (Å²) in [5, 5.41) is 0. The number of hydrogen-bond acceptors (Lipinski definition) is 4. The molecule has 0 aromatic heterocycles. The van der Waals surface area contributed by atoms with Crippen LogP contribution in [0.4, 0.5) is 0 Å². The number of likely N-dealkylation sites (N-methyl/N-ethyl adjacent to an activating group) is 2. The average molecular weight is 515 g/mol. The summed E-state index contributed by atoms with van der Waals surface area (Å²) in [6.07, 6.45) is 19.0. The minimum absolute atomic E-state index is 0.0732. The fourth-order valence-electron chi connectivity index (χ4n) is 4.52. The Morgan fingerprint density at radius 2 is 0.778 bits per heavy atom. The van der Waals surface area contributed by atoms with Crippen molar-refractivity contribution in [1.82, 2.24) is 0 Å². The van der Waals surface area contributed by atoms with Gasteiger partial charge < -0.3 is 18.4 Å². The van der Waals surface area contributed by atoms with Gasteiger partial charge in [-0.1, -0.05) is 78.1 Å². The van der Waals surface area contributed by atoms with Gasteiger partial charge in [0.15, 0.2) is 13.1 Å². The van der Waals surface area contributed by atoms with Crippen LogP contribution in [-0.4, -0.2) is 88.5 Å². The maximum atomic E-state index is 12.2. The maximum absolute atomic E-state index is 12.2. The van der Waals surface area contributed by atoms with Crippen molar-refractivity contribution < 1.29 is 28.0 Å². The first-order valence-electron chi connectivity index (χ1n) is 15.1. The van der Waals surface area contributed by atoms with Crippen molar-refractivity contribution in [3.05, 3.63) is 0 Å². The molecule has 0 saturated heterocycles. The lowest BCUT2D eigenvalue weighted by Gasteiger charge is -2.29. The molecule has 6 heteroatoms. The predicted molar refractivity (Wildman–Crippen MR) is 151 cm³/mol. The largest absolute Gasteiger partial charge is 0.462 e. The molecule has 0 aliphatic carbocycles. The van der Waals surface area contributed by atoms with Gasteiger partial charge in [0.2, 0.25) is 0 Å². The zero-order valence-corrected chi connectivity index (χ0v) is 25.1. The van der Waals surface area contributed by atoms with Crippen molar-refractivity contribution in [2.75, 3.05) is 67.6 Å². The van der Waals surface area contributed by atoms with Crippen LogP contribution < -0.4 is 0 Å². The van der Waals surface area contributed by atoms with E-state index in [1.807, 2.05) is 0 Å². The fourth-order valence-corrected chi connectivity index (χ4v) is 4.52. The van der Waals surface area contributed by atoms with Gasteiger partial charge in [-0.3, -0.25) is 0 Å². The fraction of sp³-hybridized carbons (Fsp3) is 0.933. The van der Waals surface area contributed by atoms with E-state index < -0.39 is 0 Å². The number of ether oxygens (including phenoxy) is 2. The Labute approximate surface area is 224 Å². The van der Waals surface area contributed by atoms with Crippen LogP contribution in [0.1, 0.15) is 117 Å². The molecule has 6 nitrogen and oxygen atoms in total. The molecular formula is C30H62N2O4+2. The molecule has 0 heterocycles. The van der Waals surface area contributed by atoms with Crippen LogP contribution >= 0.6 is 0 Å². The Morgan fingerprint density at radius 1 is 0.472 bits per heavy atom. The van der Waals surface area contributed by atoms with E-state index in [0.717, 1.165) is 64.5 Å². The molecule has 0 bridgehead atoms. The van der Waals surface area contributed by atoms with E-state index in [0.29, 0.717) is 35.3 Å². The van der Waals surface area contributed by atoms with Crippen molar-refractivity contribution in [3.63, 3.8) is 0 Å². The van der Waals surface area contributed by atoms with Crippen molar-refractivity contribution in [3.8, 4) is 0 Å². The van der Waals surface area contributed by atoms with Crippen LogP contribution in [0, 0.1) is 0 Å². The van der Waals surface area contributed by atoms with Crippen LogP contribution in [0.5, 0.6) is 0 Å². The minimum atomic E-state index is -0.0732. The molecule has 0 unspecified atom stereocenters. The molecule has 0 aromatic rings. The van der Waals surface area contributed by atoms with E-state index in [1.165, 1.54) is 51.4 Å². The first-order chi connectivity index (χ1) is 17.1. The van der Waals surface area contributed by atoms with Gasteiger partial charge in [0.25, 0.3) is 0 Å². The molecule has 0 spiro atoms. The summed E-state index contributed by atoms with van der Waals surface area (Å²) in [6.45, 7) is 8.42. The van der Waals surface area contributed by atoms with E-state index >= 15 is 0 Å². The first-order valence-corrected chi connectivity index (χ1v) is 15.1. The van der Waals surface area contributed by atoms with Crippen LogP contribution in [0.2, 0.25) is 0 Å². The average Bonchev–Trinajstić information content (AvgIpc) is 2.79. The first kappa shape index (κ1) is 34.9. The van der Waals surface area contributed by atoms with Gasteiger partial charge in [0.05, 0.1) is 54.5 Å². The van der Waals surface area contributed by atoms with Crippen molar-refractivity contribution in [1.29, 1.82) is 0 Å². The number of rotatable bonds is 25. The Bertz CT molecular complexity index is 501. The number of carbonyl (C=O) groups is 2. The lowest BCUT2D eigenvalue weighted by Crippen LogP contribution is -2.45. The third kappa shape index (κ3) is 23.3. The lowest BCUT2D eigenvalue weighted by atomic mass is 10.1. The Hall–Kier alpha value is -1.14. The van der Waals surface area contributed by atoms with Crippen molar-refractivity contribution >= 4 is 11.9 Å². The van der Waals surface area contributed by atoms with Gasteiger partial charge in [-0.2, -0.15) is 0 Å². The van der Waals surface area contributed by atoms with Crippen LogP contribution in [0.25, 0.3) is 0 Å². The second-order valence-corrected chi connectivity index (χ2v) is 12.0. The highest BCUT2D eigenvalue weighted by molar-refractivity contribution is 5.70. The molecule has 0 amide bonds. The van der Waals surface area contributed by atoms with Gasteiger partial charge in [-0.15, -0.1) is 0 Å². The van der Waals surface area contributed by atoms with Gasteiger partial charge in [-0.05, 0) is 38.5 Å². The maximum Gasteiger partial charge on any atom is 0.361 e. The van der Waals surface area contributed by atoms with Crippen molar-refractivity contribution in [2.24, 2.45) is 0 Å². The number of esters is 2. The number of carbonyl (C=O) groups excluding carboxylic acids is 2. The molecule has 0 aliphatic heterocycles. The highest BCUT2D eigenvalue weighted by Gasteiger charge is 2.22. The quantitative estimate of drug-likeness (QED) is 0.0792. The molecule has 0 aliphatic rings. The van der Waals surface area contributed by atoms with Crippen LogP contribution in [0.3, 0.4) is 0 Å². The molecular weight excluding hydrogens is 452 g/mol. The minimum Gasteiger partial charge on any atom is -0.462 e. The molecule has 0 N–H and O–H groups in total. The Balaban J connectivity index is 3.81. The van der Waals surface area contributed by atoms with E-state index in [4.69, 9.17) is 9.47 Å². The molecule has 0 aromatic carbocycles. The van der Waals surface area contributed by atoms with Crippen molar-refractivity contribution in [2.45, 2.75) is 117 Å². The predicted octanol–water partition coefficient (Wildman–Crippen LogP) is 6.51. The summed E-state index contributed by atoms with van der Waals surface area (Å²) in [7, 11) is 8.46. The molecule has 214 valence electrons. The SMILES string of the molecule is CCCCCCCCOC(=O)C[N+](C)(C)CCCCCC[N+](C)(C)CC(=O)OCCCCCCCC. The molecule has 0 atom stereocenters. The monoisotopic (exact) mass is 514 g/mol. The van der Waals surface area contributed by atoms with Crippen LogP contribution in [0.15, 0.2) is 0 Å². The molecule has 0 fully saturated rings. The van der Waals surface area contributed by atoms with E-state index in [2.05, 4.69) is 42.0 Å². The second-order valence-electron chi connectivity index (χ2n) is 12.0. The number of hydrogen-bond donors (Lipinski definition) is 0.